The van der Waals surface area contributed by atoms with E-state index in [0.717, 1.165) is 32.8 Å². The molecule has 2 N–H and O–H groups in total. The second-order valence-corrected chi connectivity index (χ2v) is 5.90. The number of rotatable bonds is 8. The summed E-state index contributed by atoms with van der Waals surface area (Å²) in [7, 11) is 0. The fourth-order valence-corrected chi connectivity index (χ4v) is 2.60. The van der Waals surface area contributed by atoms with Crippen molar-refractivity contribution >= 4 is 17.0 Å². The molecule has 0 aromatic carbocycles. The van der Waals surface area contributed by atoms with Crippen LogP contribution in [0.3, 0.4) is 0 Å². The van der Waals surface area contributed by atoms with Crippen LogP contribution < -0.4 is 10.1 Å². The molecule has 11 heteroatoms. The minimum Gasteiger partial charge on any atom is -0.463 e. The fraction of sp³-hybridized carbons (Fsp3) is 0.667. The normalized spacial score (nSPS) is 16.1. The summed E-state index contributed by atoms with van der Waals surface area (Å²) in [6, 6.07) is 0.0145. The van der Waals surface area contributed by atoms with Crippen LogP contribution in [0.2, 0.25) is 0 Å². The number of ether oxygens (including phenoxy) is 2. The molecule has 0 atom stereocenters. The molecule has 2 aromatic heterocycles. The van der Waals surface area contributed by atoms with E-state index in [-0.39, 0.29) is 19.0 Å². The Hall–Kier alpha value is -2.14. The molecule has 3 rings (SSSR count). The van der Waals surface area contributed by atoms with E-state index in [0.29, 0.717) is 23.5 Å². The maximum Gasteiger partial charge on any atom is 0.389 e. The van der Waals surface area contributed by atoms with Gasteiger partial charge in [-0.1, -0.05) is 0 Å². The van der Waals surface area contributed by atoms with E-state index in [2.05, 4.69) is 30.2 Å². The number of anilines is 1. The van der Waals surface area contributed by atoms with Crippen molar-refractivity contribution in [3.63, 3.8) is 0 Å². The number of alkyl halides is 3. The van der Waals surface area contributed by atoms with E-state index in [4.69, 9.17) is 9.47 Å². The quantitative estimate of drug-likeness (QED) is 0.682. The number of hydrogen-bond donors (Lipinski definition) is 2. The van der Waals surface area contributed by atoms with E-state index in [1.54, 1.807) is 0 Å². The van der Waals surface area contributed by atoms with Gasteiger partial charge in [0.15, 0.2) is 11.5 Å². The molecule has 26 heavy (non-hydrogen) atoms. The van der Waals surface area contributed by atoms with Gasteiger partial charge in [-0.05, 0) is 6.42 Å². The summed E-state index contributed by atoms with van der Waals surface area (Å²) in [5.41, 5.74) is 1.04. The minimum absolute atomic E-state index is 0.0145. The van der Waals surface area contributed by atoms with Crippen molar-refractivity contribution < 1.29 is 22.6 Å². The summed E-state index contributed by atoms with van der Waals surface area (Å²) in [6.45, 7) is 4.60. The van der Waals surface area contributed by atoms with Crippen LogP contribution in [0.15, 0.2) is 6.33 Å². The Morgan fingerprint density at radius 3 is 2.85 bits per heavy atom. The van der Waals surface area contributed by atoms with Gasteiger partial charge in [0.2, 0.25) is 0 Å². The summed E-state index contributed by atoms with van der Waals surface area (Å²) in [6.07, 6.45) is -3.75. The smallest absolute Gasteiger partial charge is 0.389 e. The number of aromatic amines is 1. The highest BCUT2D eigenvalue weighted by atomic mass is 19.4. The molecule has 1 fully saturated rings. The average molecular weight is 374 g/mol. The molecule has 0 aliphatic carbocycles. The molecule has 0 amide bonds. The fourth-order valence-electron chi connectivity index (χ4n) is 2.60. The first-order valence-corrected chi connectivity index (χ1v) is 8.46. The van der Waals surface area contributed by atoms with Crippen molar-refractivity contribution in [3.05, 3.63) is 6.33 Å². The maximum absolute atomic E-state index is 12.2. The lowest BCUT2D eigenvalue weighted by Crippen LogP contribution is -2.39. The Morgan fingerprint density at radius 2 is 2.08 bits per heavy atom. The van der Waals surface area contributed by atoms with Gasteiger partial charge in [0.25, 0.3) is 0 Å². The molecule has 0 spiro atoms. The third-order valence-corrected chi connectivity index (χ3v) is 3.93. The molecule has 0 unspecified atom stereocenters. The molecule has 1 aliphatic rings. The zero-order valence-electron chi connectivity index (χ0n) is 14.2. The van der Waals surface area contributed by atoms with Crippen LogP contribution in [-0.4, -0.2) is 77.0 Å². The molecule has 3 heterocycles. The van der Waals surface area contributed by atoms with Crippen LogP contribution in [0.4, 0.5) is 19.0 Å². The second kappa shape index (κ2) is 8.49. The van der Waals surface area contributed by atoms with Crippen molar-refractivity contribution in [3.8, 4) is 6.01 Å². The van der Waals surface area contributed by atoms with E-state index in [9.17, 15) is 13.2 Å². The molecule has 0 bridgehead atoms. The highest BCUT2D eigenvalue weighted by Gasteiger charge is 2.26. The van der Waals surface area contributed by atoms with Gasteiger partial charge >= 0.3 is 12.2 Å². The molecule has 0 radical (unpaired) electrons. The van der Waals surface area contributed by atoms with E-state index >= 15 is 0 Å². The summed E-state index contributed by atoms with van der Waals surface area (Å²) in [5.74, 6) is 0.520. The van der Waals surface area contributed by atoms with Gasteiger partial charge in [-0.3, -0.25) is 4.90 Å². The predicted molar refractivity (Wildman–Crippen MR) is 88.2 cm³/mol. The van der Waals surface area contributed by atoms with Crippen molar-refractivity contribution in [2.24, 2.45) is 0 Å². The van der Waals surface area contributed by atoms with Crippen molar-refractivity contribution in [1.29, 1.82) is 0 Å². The summed E-state index contributed by atoms with van der Waals surface area (Å²) in [4.78, 5) is 17.7. The van der Waals surface area contributed by atoms with Crippen molar-refractivity contribution in [2.75, 3.05) is 51.3 Å². The molecule has 0 saturated carbocycles. The number of imidazole rings is 1. The number of hydrogen-bond acceptors (Lipinski definition) is 7. The van der Waals surface area contributed by atoms with Crippen LogP contribution in [0.25, 0.3) is 11.2 Å². The number of aromatic nitrogens is 4. The largest absolute Gasteiger partial charge is 0.463 e. The van der Waals surface area contributed by atoms with Gasteiger partial charge < -0.3 is 19.8 Å². The maximum atomic E-state index is 12.2. The first-order chi connectivity index (χ1) is 12.5. The highest BCUT2D eigenvalue weighted by Crippen LogP contribution is 2.22. The van der Waals surface area contributed by atoms with Gasteiger partial charge in [0, 0.05) is 32.6 Å². The molecular formula is C15H21F3N6O2. The van der Waals surface area contributed by atoms with Crippen molar-refractivity contribution in [2.45, 2.75) is 19.0 Å². The first kappa shape index (κ1) is 18.6. The average Bonchev–Trinajstić information content (AvgIpc) is 3.08. The predicted octanol–water partition coefficient (Wildman–Crippen LogP) is 1.82. The number of halogens is 3. The standard InChI is InChI=1S/C15H21F3N6O2/c16-15(17,18)2-1-7-26-14-22-12(11-13(23-14)21-10-20-11)19-3-4-24-5-8-25-9-6-24/h10H,1-9H2,(H2,19,20,21,22,23). The lowest BCUT2D eigenvalue weighted by molar-refractivity contribution is -0.136. The summed E-state index contributed by atoms with van der Waals surface area (Å²) >= 11 is 0. The van der Waals surface area contributed by atoms with Gasteiger partial charge in [0.1, 0.15) is 5.52 Å². The summed E-state index contributed by atoms with van der Waals surface area (Å²) in [5, 5.41) is 3.21. The number of morpholine rings is 1. The van der Waals surface area contributed by atoms with Crippen LogP contribution in [-0.2, 0) is 4.74 Å². The van der Waals surface area contributed by atoms with Gasteiger partial charge in [0.05, 0.1) is 26.1 Å². The number of H-pyrrole nitrogens is 1. The van der Waals surface area contributed by atoms with Gasteiger partial charge in [-0.15, -0.1) is 0 Å². The Kier molecular flexibility index (Phi) is 6.09. The summed E-state index contributed by atoms with van der Waals surface area (Å²) < 4.78 is 47.1. The topological polar surface area (TPSA) is 88.2 Å². The van der Waals surface area contributed by atoms with E-state index in [1.807, 2.05) is 0 Å². The zero-order chi connectivity index (χ0) is 18.4. The third kappa shape index (κ3) is 5.43. The molecule has 1 aliphatic heterocycles. The third-order valence-electron chi connectivity index (χ3n) is 3.93. The monoisotopic (exact) mass is 374 g/mol. The Labute approximate surface area is 148 Å². The Balaban J connectivity index is 1.56. The molecular weight excluding hydrogens is 353 g/mol. The zero-order valence-corrected chi connectivity index (χ0v) is 14.2. The lowest BCUT2D eigenvalue weighted by atomic mass is 10.3. The van der Waals surface area contributed by atoms with Gasteiger partial charge in [-0.25, -0.2) is 4.98 Å². The number of nitrogens with zero attached hydrogens (tertiary/aromatic N) is 4. The molecule has 2 aromatic rings. The SMILES string of the molecule is FC(F)(F)CCCOc1nc(NCCN2CCOCC2)c2[nH]cnc2n1. The van der Waals surface area contributed by atoms with Crippen LogP contribution in [0.1, 0.15) is 12.8 Å². The molecule has 1 saturated heterocycles. The first-order valence-electron chi connectivity index (χ1n) is 8.46. The minimum atomic E-state index is -4.19. The molecule has 8 nitrogen and oxygen atoms in total. The van der Waals surface area contributed by atoms with Crippen LogP contribution >= 0.6 is 0 Å². The molecule has 144 valence electrons. The second-order valence-electron chi connectivity index (χ2n) is 5.90. The van der Waals surface area contributed by atoms with Crippen LogP contribution in [0, 0.1) is 0 Å². The number of nitrogens with one attached hydrogen (secondary N) is 2. The van der Waals surface area contributed by atoms with E-state index in [1.165, 1.54) is 6.33 Å². The Bertz CT molecular complexity index is 702. The Morgan fingerprint density at radius 1 is 1.27 bits per heavy atom. The van der Waals surface area contributed by atoms with E-state index < -0.39 is 12.6 Å². The van der Waals surface area contributed by atoms with Crippen molar-refractivity contribution in [1.82, 2.24) is 24.8 Å². The van der Waals surface area contributed by atoms with Crippen LogP contribution in [0.5, 0.6) is 6.01 Å². The van der Waals surface area contributed by atoms with Gasteiger partial charge in [-0.2, -0.15) is 23.1 Å². The highest BCUT2D eigenvalue weighted by molar-refractivity contribution is 5.82. The lowest BCUT2D eigenvalue weighted by Gasteiger charge is -2.26. The number of fused-ring (bicyclic) bond motifs is 1.